The lowest BCUT2D eigenvalue weighted by Crippen LogP contribution is -2.38. The molecule has 0 saturated carbocycles. The van der Waals surface area contributed by atoms with E-state index in [9.17, 15) is 0 Å². The summed E-state index contributed by atoms with van der Waals surface area (Å²) in [6.07, 6.45) is 2.14. The summed E-state index contributed by atoms with van der Waals surface area (Å²) in [6, 6.07) is 8.36. The molecule has 16 heavy (non-hydrogen) atoms. The minimum absolute atomic E-state index is 0.196. The lowest BCUT2D eigenvalue weighted by Gasteiger charge is -2.32. The Morgan fingerprint density at radius 1 is 1.44 bits per heavy atom. The quantitative estimate of drug-likeness (QED) is 0.790. The number of benzene rings is 1. The molecule has 1 fully saturated rings. The predicted molar refractivity (Wildman–Crippen MR) is 69.5 cm³/mol. The summed E-state index contributed by atoms with van der Waals surface area (Å²) in [6.45, 7) is 7.47. The molecule has 1 aliphatic heterocycles. The van der Waals surface area contributed by atoms with Gasteiger partial charge in [-0.1, -0.05) is 34.1 Å². The van der Waals surface area contributed by atoms with Gasteiger partial charge >= 0.3 is 0 Å². The lowest BCUT2D eigenvalue weighted by molar-refractivity contribution is -0.0260. The van der Waals surface area contributed by atoms with Gasteiger partial charge in [0.2, 0.25) is 0 Å². The lowest BCUT2D eigenvalue weighted by atomic mass is 10.1. The van der Waals surface area contributed by atoms with Gasteiger partial charge in [0.25, 0.3) is 0 Å². The monoisotopic (exact) mass is 281 g/mol. The molecule has 0 aliphatic carbocycles. The van der Waals surface area contributed by atoms with E-state index in [-0.39, 0.29) is 6.10 Å². The van der Waals surface area contributed by atoms with Crippen LogP contribution in [0.2, 0.25) is 0 Å². The number of ether oxygens (including phenoxy) is 1. The van der Waals surface area contributed by atoms with Crippen molar-refractivity contribution in [1.82, 2.24) is 4.90 Å². The van der Waals surface area contributed by atoms with Gasteiger partial charge in [-0.15, -0.1) is 6.58 Å². The highest BCUT2D eigenvalue weighted by Gasteiger charge is 2.20. The Bertz CT molecular complexity index is 349. The SMILES string of the molecule is C=CCN1CCOC(c2ccc(Br)cc2)C1. The Labute approximate surface area is 105 Å². The Kier molecular flexibility index (Phi) is 4.16. The molecular formula is C13H16BrNO. The maximum absolute atomic E-state index is 5.79. The first-order chi connectivity index (χ1) is 7.79. The van der Waals surface area contributed by atoms with Crippen molar-refractivity contribution in [3.63, 3.8) is 0 Å². The molecule has 3 heteroatoms. The van der Waals surface area contributed by atoms with Crippen molar-refractivity contribution in [3.05, 3.63) is 47.0 Å². The largest absolute Gasteiger partial charge is 0.371 e. The van der Waals surface area contributed by atoms with Crippen LogP contribution in [0.1, 0.15) is 11.7 Å². The van der Waals surface area contributed by atoms with Gasteiger partial charge in [0, 0.05) is 24.1 Å². The Hall–Kier alpha value is -0.640. The molecule has 1 aromatic rings. The second-order valence-electron chi connectivity index (χ2n) is 3.96. The highest BCUT2D eigenvalue weighted by molar-refractivity contribution is 9.10. The minimum atomic E-state index is 0.196. The zero-order valence-electron chi connectivity index (χ0n) is 9.23. The van der Waals surface area contributed by atoms with Crippen LogP contribution in [-0.4, -0.2) is 31.1 Å². The number of nitrogens with zero attached hydrogens (tertiary/aromatic N) is 1. The van der Waals surface area contributed by atoms with Crippen molar-refractivity contribution in [3.8, 4) is 0 Å². The summed E-state index contributed by atoms with van der Waals surface area (Å²) >= 11 is 3.44. The van der Waals surface area contributed by atoms with Crippen molar-refractivity contribution >= 4 is 15.9 Å². The van der Waals surface area contributed by atoms with Crippen molar-refractivity contribution in [2.24, 2.45) is 0 Å². The van der Waals surface area contributed by atoms with Crippen molar-refractivity contribution in [2.75, 3.05) is 26.2 Å². The highest BCUT2D eigenvalue weighted by Crippen LogP contribution is 2.23. The van der Waals surface area contributed by atoms with E-state index in [0.29, 0.717) is 0 Å². The molecule has 0 spiro atoms. The molecule has 0 N–H and O–H groups in total. The summed E-state index contributed by atoms with van der Waals surface area (Å²) < 4.78 is 6.90. The number of morpholine rings is 1. The summed E-state index contributed by atoms with van der Waals surface area (Å²) in [4.78, 5) is 2.36. The van der Waals surface area contributed by atoms with Crippen LogP contribution in [0.15, 0.2) is 41.4 Å². The van der Waals surface area contributed by atoms with Gasteiger partial charge < -0.3 is 4.74 Å². The second-order valence-corrected chi connectivity index (χ2v) is 4.87. The molecule has 2 nitrogen and oxygen atoms in total. The van der Waals surface area contributed by atoms with Crippen molar-refractivity contribution in [1.29, 1.82) is 0 Å². The van der Waals surface area contributed by atoms with E-state index >= 15 is 0 Å². The van der Waals surface area contributed by atoms with Crippen molar-refractivity contribution in [2.45, 2.75) is 6.10 Å². The number of hydrogen-bond donors (Lipinski definition) is 0. The Balaban J connectivity index is 2.03. The molecule has 1 aliphatic rings. The molecule has 1 unspecified atom stereocenters. The smallest absolute Gasteiger partial charge is 0.0952 e. The standard InChI is InChI=1S/C13H16BrNO/c1-2-7-15-8-9-16-13(10-15)11-3-5-12(14)6-4-11/h2-6,13H,1,7-10H2. The van der Waals surface area contributed by atoms with Crippen LogP contribution in [0.5, 0.6) is 0 Å². The van der Waals surface area contributed by atoms with Crippen LogP contribution in [-0.2, 0) is 4.74 Å². The van der Waals surface area contributed by atoms with E-state index in [2.05, 4.69) is 51.7 Å². The van der Waals surface area contributed by atoms with Crippen LogP contribution in [0.25, 0.3) is 0 Å². The fourth-order valence-electron chi connectivity index (χ4n) is 1.93. The van der Waals surface area contributed by atoms with Gasteiger partial charge in [-0.2, -0.15) is 0 Å². The average Bonchev–Trinajstić information content (AvgIpc) is 2.31. The second kappa shape index (κ2) is 5.62. The van der Waals surface area contributed by atoms with Crippen LogP contribution in [0, 0.1) is 0 Å². The van der Waals surface area contributed by atoms with Crippen LogP contribution < -0.4 is 0 Å². The Morgan fingerprint density at radius 3 is 2.88 bits per heavy atom. The molecule has 1 saturated heterocycles. The zero-order valence-corrected chi connectivity index (χ0v) is 10.8. The fraction of sp³-hybridized carbons (Fsp3) is 0.385. The molecule has 2 rings (SSSR count). The van der Waals surface area contributed by atoms with Gasteiger partial charge in [0.1, 0.15) is 0 Å². The summed E-state index contributed by atoms with van der Waals surface area (Å²) in [5.74, 6) is 0. The first-order valence-corrected chi connectivity index (χ1v) is 6.29. The fourth-order valence-corrected chi connectivity index (χ4v) is 2.19. The number of rotatable bonds is 3. The van der Waals surface area contributed by atoms with E-state index in [1.54, 1.807) is 0 Å². The van der Waals surface area contributed by atoms with E-state index in [1.165, 1.54) is 5.56 Å². The first kappa shape index (κ1) is 11.8. The molecule has 1 atom stereocenters. The normalized spacial score (nSPS) is 21.9. The van der Waals surface area contributed by atoms with Gasteiger partial charge in [-0.05, 0) is 17.7 Å². The summed E-state index contributed by atoms with van der Waals surface area (Å²) in [5.41, 5.74) is 1.25. The third-order valence-corrected chi connectivity index (χ3v) is 3.31. The molecule has 0 bridgehead atoms. The third kappa shape index (κ3) is 2.94. The van der Waals surface area contributed by atoms with E-state index in [4.69, 9.17) is 4.74 Å². The van der Waals surface area contributed by atoms with Crippen LogP contribution in [0.3, 0.4) is 0 Å². The average molecular weight is 282 g/mol. The third-order valence-electron chi connectivity index (χ3n) is 2.78. The molecule has 1 aromatic carbocycles. The molecule has 0 amide bonds. The maximum atomic E-state index is 5.79. The zero-order chi connectivity index (χ0) is 11.4. The maximum Gasteiger partial charge on any atom is 0.0952 e. The van der Waals surface area contributed by atoms with Gasteiger partial charge in [0.05, 0.1) is 12.7 Å². The number of hydrogen-bond acceptors (Lipinski definition) is 2. The molecule has 0 aromatic heterocycles. The van der Waals surface area contributed by atoms with E-state index in [1.807, 2.05) is 6.08 Å². The molecule has 86 valence electrons. The summed E-state index contributed by atoms with van der Waals surface area (Å²) in [7, 11) is 0. The highest BCUT2D eigenvalue weighted by atomic mass is 79.9. The number of halogens is 1. The van der Waals surface area contributed by atoms with E-state index < -0.39 is 0 Å². The minimum Gasteiger partial charge on any atom is -0.371 e. The molecular weight excluding hydrogens is 266 g/mol. The predicted octanol–water partition coefficient (Wildman–Crippen LogP) is 3.01. The summed E-state index contributed by atoms with van der Waals surface area (Å²) in [5, 5.41) is 0. The topological polar surface area (TPSA) is 12.5 Å². The molecule has 0 radical (unpaired) electrons. The first-order valence-electron chi connectivity index (χ1n) is 5.50. The van der Waals surface area contributed by atoms with Crippen molar-refractivity contribution < 1.29 is 4.74 Å². The van der Waals surface area contributed by atoms with Gasteiger partial charge in [-0.25, -0.2) is 0 Å². The van der Waals surface area contributed by atoms with E-state index in [0.717, 1.165) is 30.7 Å². The molecule has 1 heterocycles. The van der Waals surface area contributed by atoms with Gasteiger partial charge in [-0.3, -0.25) is 4.90 Å². The van der Waals surface area contributed by atoms with Crippen LogP contribution in [0.4, 0.5) is 0 Å². The van der Waals surface area contributed by atoms with Crippen LogP contribution >= 0.6 is 15.9 Å². The Morgan fingerprint density at radius 2 is 2.19 bits per heavy atom. The van der Waals surface area contributed by atoms with Gasteiger partial charge in [0.15, 0.2) is 0 Å².